The van der Waals surface area contributed by atoms with Crippen molar-refractivity contribution in [3.8, 4) is 0 Å². The van der Waals surface area contributed by atoms with Crippen LogP contribution >= 0.6 is 0 Å². The second-order valence-electron chi connectivity index (χ2n) is 11.3. The molecule has 0 saturated carbocycles. The number of anilines is 3. The van der Waals surface area contributed by atoms with E-state index in [0.717, 1.165) is 25.1 Å². The summed E-state index contributed by atoms with van der Waals surface area (Å²) in [6.07, 6.45) is 6.34. The fraction of sp³-hybridized carbons (Fsp3) is 0.242. The van der Waals surface area contributed by atoms with E-state index < -0.39 is 29.9 Å². The number of para-hydroxylation sites is 1. The number of nitrogens with one attached hydrogen (secondary N) is 1. The first-order valence-corrected chi connectivity index (χ1v) is 14.9. The summed E-state index contributed by atoms with van der Waals surface area (Å²) in [6.45, 7) is 0.202. The van der Waals surface area contributed by atoms with Gasteiger partial charge in [0.2, 0.25) is 11.8 Å². The Morgan fingerprint density at radius 3 is 2.70 bits per heavy atom. The number of allylic oxidation sites excluding steroid dienone is 2. The van der Waals surface area contributed by atoms with Gasteiger partial charge in [-0.05, 0) is 66.1 Å². The van der Waals surface area contributed by atoms with Crippen molar-refractivity contribution in [3.05, 3.63) is 96.1 Å². The normalized spacial score (nSPS) is 18.2. The molecule has 0 radical (unpaired) electrons. The number of rotatable bonds is 8. The molecule has 0 spiro atoms. The molecule has 0 bridgehead atoms. The number of halogens is 1. The monoisotopic (exact) mass is 623 g/mol. The summed E-state index contributed by atoms with van der Waals surface area (Å²) in [6, 6.07) is 15.6. The van der Waals surface area contributed by atoms with Crippen LogP contribution in [0.2, 0.25) is 0 Å². The summed E-state index contributed by atoms with van der Waals surface area (Å²) in [5.74, 6) is -1.14. The first-order valence-electron chi connectivity index (χ1n) is 14.9. The molecule has 2 unspecified atom stereocenters. The van der Waals surface area contributed by atoms with Gasteiger partial charge in [0, 0.05) is 48.2 Å². The SMILES string of the molecule is N/C=C\C(=C/N)c1ccc2c(c1)c(C(N)=O)nn2CC(=O)N1CC(F)CC1C(=O)Nc1ccnc(N2CCCc3ccccc32)c1. The molecule has 13 heteroatoms. The number of fused-ring (bicyclic) bond motifs is 2. The number of aromatic nitrogens is 3. The zero-order chi connectivity index (χ0) is 32.4. The Kier molecular flexibility index (Phi) is 8.38. The van der Waals surface area contributed by atoms with E-state index in [1.807, 2.05) is 18.2 Å². The molecule has 6 rings (SSSR count). The van der Waals surface area contributed by atoms with E-state index in [4.69, 9.17) is 17.2 Å². The van der Waals surface area contributed by atoms with Crippen molar-refractivity contribution in [2.45, 2.75) is 38.0 Å². The zero-order valence-electron chi connectivity index (χ0n) is 25.0. The van der Waals surface area contributed by atoms with Gasteiger partial charge in [-0.2, -0.15) is 5.10 Å². The standard InChI is InChI=1S/C33H34FN9O3/c34-23-15-28(33(46)39-24-10-12-38-29(16-24)41-13-3-5-20-4-1-2-6-26(20)41)42(18-23)30(44)19-43-27-8-7-21(22(17-36)9-11-35)14-25(27)31(40-43)32(37)45/h1-2,4,6-12,14,16-17,23,28H,3,5,13,15,18-19,35-36H2,(H2,37,45)(H,38,39,46)/b11-9-,22-17+. The molecule has 46 heavy (non-hydrogen) atoms. The van der Waals surface area contributed by atoms with E-state index in [0.29, 0.717) is 33.5 Å². The number of carbonyl (C=O) groups is 3. The van der Waals surface area contributed by atoms with Crippen molar-refractivity contribution in [2.75, 3.05) is 23.3 Å². The van der Waals surface area contributed by atoms with Crippen LogP contribution in [0.15, 0.2) is 79.3 Å². The molecule has 0 aliphatic carbocycles. The Bertz CT molecular complexity index is 1890. The van der Waals surface area contributed by atoms with Gasteiger partial charge in [0.25, 0.3) is 5.91 Å². The predicted molar refractivity (Wildman–Crippen MR) is 173 cm³/mol. The summed E-state index contributed by atoms with van der Waals surface area (Å²) in [7, 11) is 0. The van der Waals surface area contributed by atoms with Crippen LogP contribution in [0.3, 0.4) is 0 Å². The van der Waals surface area contributed by atoms with Crippen LogP contribution in [0.1, 0.15) is 34.5 Å². The van der Waals surface area contributed by atoms with Crippen LogP contribution in [0.4, 0.5) is 21.6 Å². The molecular formula is C33H34FN9O3. The Morgan fingerprint density at radius 2 is 1.91 bits per heavy atom. The number of nitrogens with zero attached hydrogens (tertiary/aromatic N) is 5. The first kappa shape index (κ1) is 30.3. The summed E-state index contributed by atoms with van der Waals surface area (Å²) in [5.41, 5.74) is 21.3. The van der Waals surface area contributed by atoms with Gasteiger partial charge < -0.3 is 32.3 Å². The molecule has 2 atom stereocenters. The van der Waals surface area contributed by atoms with Gasteiger partial charge in [-0.15, -0.1) is 0 Å². The van der Waals surface area contributed by atoms with Crippen molar-refractivity contribution < 1.29 is 18.8 Å². The number of likely N-dealkylation sites (tertiary alicyclic amines) is 1. The number of primary amides is 1. The van der Waals surface area contributed by atoms with Gasteiger partial charge in [0.15, 0.2) is 5.69 Å². The van der Waals surface area contributed by atoms with Crippen molar-refractivity contribution in [3.63, 3.8) is 0 Å². The molecule has 2 aliphatic heterocycles. The molecule has 236 valence electrons. The number of aryl methyl sites for hydroxylation is 1. The van der Waals surface area contributed by atoms with Crippen LogP contribution in [0.5, 0.6) is 0 Å². The molecule has 7 N–H and O–H groups in total. The molecule has 12 nitrogen and oxygen atoms in total. The zero-order valence-corrected chi connectivity index (χ0v) is 25.0. The quantitative estimate of drug-likeness (QED) is 0.216. The Hall–Kier alpha value is -5.72. The largest absolute Gasteiger partial charge is 0.405 e. The van der Waals surface area contributed by atoms with Crippen molar-refractivity contribution in [2.24, 2.45) is 17.2 Å². The maximum atomic E-state index is 14.7. The number of alkyl halides is 1. The second kappa shape index (κ2) is 12.7. The number of amides is 3. The summed E-state index contributed by atoms with van der Waals surface area (Å²) >= 11 is 0. The second-order valence-corrected chi connectivity index (χ2v) is 11.3. The van der Waals surface area contributed by atoms with Gasteiger partial charge in [0.1, 0.15) is 24.6 Å². The molecule has 4 aromatic rings. The van der Waals surface area contributed by atoms with Crippen molar-refractivity contribution in [1.82, 2.24) is 19.7 Å². The average Bonchev–Trinajstić information content (AvgIpc) is 3.64. The van der Waals surface area contributed by atoms with Crippen molar-refractivity contribution >= 4 is 51.4 Å². The van der Waals surface area contributed by atoms with E-state index in [1.165, 1.54) is 27.5 Å². The number of carbonyl (C=O) groups excluding carboxylic acids is 3. The molecule has 2 aliphatic rings. The minimum Gasteiger partial charge on any atom is -0.405 e. The predicted octanol–water partition coefficient (Wildman–Crippen LogP) is 2.96. The fourth-order valence-electron chi connectivity index (χ4n) is 6.18. The van der Waals surface area contributed by atoms with E-state index in [1.54, 1.807) is 42.6 Å². The van der Waals surface area contributed by atoms with Crippen LogP contribution in [-0.2, 0) is 22.6 Å². The lowest BCUT2D eigenvalue weighted by molar-refractivity contribution is -0.137. The number of nitrogens with two attached hydrogens (primary N) is 3. The highest BCUT2D eigenvalue weighted by Gasteiger charge is 2.40. The van der Waals surface area contributed by atoms with Gasteiger partial charge in [-0.1, -0.05) is 24.3 Å². The number of pyridine rings is 1. The van der Waals surface area contributed by atoms with Crippen LogP contribution in [0.25, 0.3) is 16.5 Å². The summed E-state index contributed by atoms with van der Waals surface area (Å²) in [5, 5.41) is 7.56. The highest BCUT2D eigenvalue weighted by atomic mass is 19.1. The maximum Gasteiger partial charge on any atom is 0.269 e. The molecule has 3 amide bonds. The lowest BCUT2D eigenvalue weighted by atomic mass is 10.0. The smallest absolute Gasteiger partial charge is 0.269 e. The Morgan fingerprint density at radius 1 is 1.09 bits per heavy atom. The topological polar surface area (TPSA) is 178 Å². The summed E-state index contributed by atoms with van der Waals surface area (Å²) < 4.78 is 16.1. The number of hydrogen-bond acceptors (Lipinski definition) is 8. The lowest BCUT2D eigenvalue weighted by Crippen LogP contribution is -2.44. The number of benzene rings is 2. The van der Waals surface area contributed by atoms with Crippen LogP contribution in [-0.4, -0.2) is 62.7 Å². The minimum absolute atomic E-state index is 0.0401. The third-order valence-electron chi connectivity index (χ3n) is 8.33. The van der Waals surface area contributed by atoms with Gasteiger partial charge in [-0.25, -0.2) is 9.37 Å². The van der Waals surface area contributed by atoms with E-state index in [2.05, 4.69) is 26.4 Å². The van der Waals surface area contributed by atoms with Gasteiger partial charge >= 0.3 is 0 Å². The van der Waals surface area contributed by atoms with Crippen molar-refractivity contribution in [1.29, 1.82) is 0 Å². The third kappa shape index (κ3) is 5.86. The Labute approximate surface area is 264 Å². The average molecular weight is 624 g/mol. The van der Waals surface area contributed by atoms with E-state index >= 15 is 0 Å². The van der Waals surface area contributed by atoms with Gasteiger partial charge in [0.05, 0.1) is 12.1 Å². The van der Waals surface area contributed by atoms with Crippen LogP contribution < -0.4 is 27.4 Å². The Balaban J connectivity index is 1.21. The van der Waals surface area contributed by atoms with E-state index in [9.17, 15) is 18.8 Å². The third-order valence-corrected chi connectivity index (χ3v) is 8.33. The molecule has 4 heterocycles. The minimum atomic E-state index is -1.38. The molecule has 2 aromatic carbocycles. The maximum absolute atomic E-state index is 14.7. The highest BCUT2D eigenvalue weighted by molar-refractivity contribution is 6.05. The van der Waals surface area contributed by atoms with Crippen LogP contribution in [0, 0.1) is 0 Å². The van der Waals surface area contributed by atoms with Gasteiger partial charge in [-0.3, -0.25) is 19.1 Å². The fourth-order valence-corrected chi connectivity index (χ4v) is 6.18. The summed E-state index contributed by atoms with van der Waals surface area (Å²) in [4.78, 5) is 47.2. The number of hydrogen-bond donors (Lipinski definition) is 4. The first-order chi connectivity index (χ1) is 22.3. The molecular weight excluding hydrogens is 589 g/mol. The molecule has 2 aromatic heterocycles. The molecule has 1 fully saturated rings. The lowest BCUT2D eigenvalue weighted by Gasteiger charge is -2.30. The molecule has 1 saturated heterocycles. The highest BCUT2D eigenvalue weighted by Crippen LogP contribution is 2.33. The van der Waals surface area contributed by atoms with E-state index in [-0.39, 0.29) is 25.2 Å².